The zero-order chi connectivity index (χ0) is 19.8. The molecule has 2 aromatic rings. The fraction of sp³-hybridized carbons (Fsp3) is 0.294. The minimum atomic E-state index is -3.92. The van der Waals surface area contributed by atoms with Crippen LogP contribution in [0.15, 0.2) is 46.2 Å². The molecule has 0 aliphatic carbocycles. The SMILES string of the molecule is COc1cc2c(cc1S(N)(=O)=O)CCNCC2c1ccc(S(N)(=O)=O)cc1.Cl. The number of primary sulfonamides is 2. The molecule has 1 aliphatic heterocycles. The van der Waals surface area contributed by atoms with Gasteiger partial charge in [-0.2, -0.15) is 0 Å². The smallest absolute Gasteiger partial charge is 0.241 e. The van der Waals surface area contributed by atoms with Crippen LogP contribution in [0.5, 0.6) is 5.75 Å². The van der Waals surface area contributed by atoms with Crippen molar-refractivity contribution in [2.24, 2.45) is 10.3 Å². The lowest BCUT2D eigenvalue weighted by Gasteiger charge is -2.20. The second kappa shape index (κ2) is 8.36. The molecule has 0 radical (unpaired) electrons. The number of fused-ring (bicyclic) bond motifs is 1. The Bertz CT molecular complexity index is 1070. The number of rotatable bonds is 4. The molecule has 0 fully saturated rings. The number of hydrogen-bond acceptors (Lipinski definition) is 6. The molecule has 154 valence electrons. The Morgan fingerprint density at radius 3 is 2.21 bits per heavy atom. The highest BCUT2D eigenvalue weighted by Gasteiger charge is 2.25. The lowest BCUT2D eigenvalue weighted by molar-refractivity contribution is 0.401. The topological polar surface area (TPSA) is 142 Å². The number of hydrogen-bond donors (Lipinski definition) is 3. The van der Waals surface area contributed by atoms with Crippen molar-refractivity contribution >= 4 is 32.5 Å². The predicted molar refractivity (Wildman–Crippen MR) is 108 cm³/mol. The molecule has 0 saturated carbocycles. The van der Waals surface area contributed by atoms with Gasteiger partial charge in [-0.15, -0.1) is 12.4 Å². The largest absolute Gasteiger partial charge is 0.495 e. The molecule has 1 heterocycles. The molecule has 1 atom stereocenters. The van der Waals surface area contributed by atoms with E-state index in [1.54, 1.807) is 24.3 Å². The fourth-order valence-electron chi connectivity index (χ4n) is 3.31. The molecule has 0 amide bonds. The second-order valence-corrected chi connectivity index (χ2v) is 9.46. The van der Waals surface area contributed by atoms with Crippen LogP contribution in [0.3, 0.4) is 0 Å². The van der Waals surface area contributed by atoms with Gasteiger partial charge in [0.25, 0.3) is 0 Å². The Balaban J connectivity index is 0.00000280. The van der Waals surface area contributed by atoms with Gasteiger partial charge < -0.3 is 10.1 Å². The summed E-state index contributed by atoms with van der Waals surface area (Å²) in [5.74, 6) is 0.0739. The first-order chi connectivity index (χ1) is 12.6. The standard InChI is InChI=1S/C17H21N3O5S2.ClH/c1-25-16-9-14-12(8-17(16)27(19,23)24)6-7-20-10-15(14)11-2-4-13(5-3-11)26(18,21)22;/h2-5,8-9,15,20H,6-7,10H2,1H3,(H2,18,21,22)(H2,19,23,24);1H. The van der Waals surface area contributed by atoms with Crippen molar-refractivity contribution in [2.45, 2.75) is 22.1 Å². The first kappa shape index (κ1) is 22.6. The summed E-state index contributed by atoms with van der Waals surface area (Å²) in [5, 5.41) is 13.8. The van der Waals surface area contributed by atoms with Crippen molar-refractivity contribution in [1.29, 1.82) is 0 Å². The van der Waals surface area contributed by atoms with Crippen LogP contribution in [0, 0.1) is 0 Å². The number of methoxy groups -OCH3 is 1. The summed E-state index contributed by atoms with van der Waals surface area (Å²) in [5.41, 5.74) is 2.64. The van der Waals surface area contributed by atoms with Gasteiger partial charge in [-0.25, -0.2) is 27.1 Å². The molecule has 11 heteroatoms. The highest BCUT2D eigenvalue weighted by Crippen LogP contribution is 2.35. The van der Waals surface area contributed by atoms with E-state index in [1.807, 2.05) is 0 Å². The third-order valence-corrected chi connectivity index (χ3v) is 6.50. The van der Waals surface area contributed by atoms with Crippen molar-refractivity contribution < 1.29 is 21.6 Å². The maximum atomic E-state index is 11.9. The van der Waals surface area contributed by atoms with Crippen molar-refractivity contribution in [3.63, 3.8) is 0 Å². The Labute approximate surface area is 170 Å². The van der Waals surface area contributed by atoms with E-state index in [0.29, 0.717) is 19.5 Å². The van der Waals surface area contributed by atoms with Crippen molar-refractivity contribution in [2.75, 3.05) is 20.2 Å². The van der Waals surface area contributed by atoms with Gasteiger partial charge in [0.1, 0.15) is 10.6 Å². The maximum absolute atomic E-state index is 11.9. The molecular formula is C17H22ClN3O5S2. The van der Waals surface area contributed by atoms with Crippen LogP contribution in [-0.4, -0.2) is 37.0 Å². The van der Waals surface area contributed by atoms with Crippen LogP contribution < -0.4 is 20.3 Å². The van der Waals surface area contributed by atoms with Gasteiger partial charge >= 0.3 is 0 Å². The van der Waals surface area contributed by atoms with E-state index in [-0.39, 0.29) is 33.9 Å². The van der Waals surface area contributed by atoms with Crippen LogP contribution in [0.2, 0.25) is 0 Å². The van der Waals surface area contributed by atoms with Crippen molar-refractivity contribution in [1.82, 2.24) is 5.32 Å². The lowest BCUT2D eigenvalue weighted by atomic mass is 9.88. The third-order valence-electron chi connectivity index (χ3n) is 4.64. The van der Waals surface area contributed by atoms with E-state index in [9.17, 15) is 16.8 Å². The molecule has 0 saturated heterocycles. The number of halogens is 1. The number of nitrogens with one attached hydrogen (secondary N) is 1. The molecule has 0 aromatic heterocycles. The maximum Gasteiger partial charge on any atom is 0.241 e. The van der Waals surface area contributed by atoms with Crippen molar-refractivity contribution in [3.8, 4) is 5.75 Å². The average Bonchev–Trinajstić information content (AvgIpc) is 2.81. The summed E-state index contributed by atoms with van der Waals surface area (Å²) in [7, 11) is -6.30. The van der Waals surface area contributed by atoms with E-state index in [1.165, 1.54) is 19.2 Å². The minimum absolute atomic E-state index is 0. The highest BCUT2D eigenvalue weighted by atomic mass is 35.5. The zero-order valence-corrected chi connectivity index (χ0v) is 17.5. The Kier molecular flexibility index (Phi) is 6.74. The summed E-state index contributed by atoms with van der Waals surface area (Å²) in [6.07, 6.45) is 0.633. The van der Waals surface area contributed by atoms with Gasteiger partial charge in [-0.1, -0.05) is 12.1 Å². The van der Waals surface area contributed by atoms with Gasteiger partial charge in [0.15, 0.2) is 0 Å². The molecular weight excluding hydrogens is 426 g/mol. The summed E-state index contributed by atoms with van der Waals surface area (Å²) in [6.45, 7) is 1.29. The summed E-state index contributed by atoms with van der Waals surface area (Å²) < 4.78 is 52.0. The predicted octanol–water partition coefficient (Wildman–Crippen LogP) is 0.689. The van der Waals surface area contributed by atoms with E-state index in [2.05, 4.69) is 5.32 Å². The van der Waals surface area contributed by atoms with E-state index in [0.717, 1.165) is 16.7 Å². The highest BCUT2D eigenvalue weighted by molar-refractivity contribution is 7.89. The first-order valence-corrected chi connectivity index (χ1v) is 11.3. The normalized spacial score (nSPS) is 17.2. The number of sulfonamides is 2. The zero-order valence-electron chi connectivity index (χ0n) is 15.1. The van der Waals surface area contributed by atoms with Crippen LogP contribution in [0.4, 0.5) is 0 Å². The lowest BCUT2D eigenvalue weighted by Crippen LogP contribution is -2.21. The molecule has 28 heavy (non-hydrogen) atoms. The fourth-order valence-corrected chi connectivity index (χ4v) is 4.55. The van der Waals surface area contributed by atoms with E-state index in [4.69, 9.17) is 15.0 Å². The molecule has 0 bridgehead atoms. The van der Waals surface area contributed by atoms with Crippen LogP contribution >= 0.6 is 12.4 Å². The van der Waals surface area contributed by atoms with Gasteiger partial charge in [0.2, 0.25) is 20.0 Å². The molecule has 8 nitrogen and oxygen atoms in total. The quantitative estimate of drug-likeness (QED) is 0.629. The third kappa shape index (κ3) is 4.65. The second-order valence-electron chi connectivity index (χ2n) is 6.37. The number of ether oxygens (including phenoxy) is 1. The van der Waals surface area contributed by atoms with Crippen LogP contribution in [0.25, 0.3) is 0 Å². The minimum Gasteiger partial charge on any atom is -0.495 e. The van der Waals surface area contributed by atoms with E-state index < -0.39 is 20.0 Å². The van der Waals surface area contributed by atoms with Crippen LogP contribution in [0.1, 0.15) is 22.6 Å². The Hall–Kier alpha value is -1.69. The van der Waals surface area contributed by atoms with Crippen molar-refractivity contribution in [3.05, 3.63) is 53.1 Å². The van der Waals surface area contributed by atoms with Gasteiger partial charge in [-0.05, 0) is 53.9 Å². The average molecular weight is 448 g/mol. The monoisotopic (exact) mass is 447 g/mol. The Morgan fingerprint density at radius 2 is 1.68 bits per heavy atom. The Morgan fingerprint density at radius 1 is 1.04 bits per heavy atom. The molecule has 3 rings (SSSR count). The first-order valence-electron chi connectivity index (χ1n) is 8.18. The summed E-state index contributed by atoms with van der Waals surface area (Å²) in [6, 6.07) is 9.60. The molecule has 5 N–H and O–H groups in total. The molecule has 0 spiro atoms. The molecule has 2 aromatic carbocycles. The molecule has 1 aliphatic rings. The summed E-state index contributed by atoms with van der Waals surface area (Å²) in [4.78, 5) is -0.0100. The van der Waals surface area contributed by atoms with Crippen LogP contribution in [-0.2, 0) is 26.5 Å². The number of benzene rings is 2. The van der Waals surface area contributed by atoms with Gasteiger partial charge in [0.05, 0.1) is 12.0 Å². The van der Waals surface area contributed by atoms with Gasteiger partial charge in [-0.3, -0.25) is 0 Å². The van der Waals surface area contributed by atoms with E-state index >= 15 is 0 Å². The summed E-state index contributed by atoms with van der Waals surface area (Å²) >= 11 is 0. The number of nitrogens with two attached hydrogens (primary N) is 2. The molecule has 1 unspecified atom stereocenters. The van der Waals surface area contributed by atoms with Gasteiger partial charge in [0, 0.05) is 12.5 Å².